The van der Waals surface area contributed by atoms with E-state index < -0.39 is 0 Å². The maximum absolute atomic E-state index is 5.60. The van der Waals surface area contributed by atoms with Gasteiger partial charge in [-0.1, -0.05) is 28.1 Å². The van der Waals surface area contributed by atoms with Crippen LogP contribution in [0.4, 0.5) is 11.4 Å². The summed E-state index contributed by atoms with van der Waals surface area (Å²) in [6.07, 6.45) is 0. The zero-order valence-electron chi connectivity index (χ0n) is 9.58. The quantitative estimate of drug-likeness (QED) is 0.601. The van der Waals surface area contributed by atoms with Gasteiger partial charge in [-0.3, -0.25) is 0 Å². The number of thiocarbonyl (C=S) groups is 1. The Morgan fingerprint density at radius 1 is 0.947 bits per heavy atom. The fourth-order valence-electron chi connectivity index (χ4n) is 1.51. The molecule has 0 aliphatic carbocycles. The van der Waals surface area contributed by atoms with Crippen LogP contribution in [0.15, 0.2) is 49.8 Å². The minimum absolute atomic E-state index is 0.386. The highest BCUT2D eigenvalue weighted by atomic mass is 79.9. The van der Waals surface area contributed by atoms with E-state index in [1.807, 2.05) is 36.4 Å². The highest BCUT2D eigenvalue weighted by molar-refractivity contribution is 9.11. The monoisotopic (exact) mass is 462 g/mol. The standard InChI is InChI=1S/C13H9Br3N2S/c14-8-2-4-12(10(16)6-8)18-11-3-1-7(13(17)19)5-9(11)15/h1-6,18H,(H2,17,19). The Labute approximate surface area is 142 Å². The third kappa shape index (κ3) is 3.78. The molecule has 2 nitrogen and oxygen atoms in total. The molecule has 2 aromatic carbocycles. The van der Waals surface area contributed by atoms with Gasteiger partial charge in [0.05, 0.1) is 11.4 Å². The molecule has 0 aromatic heterocycles. The average molecular weight is 465 g/mol. The molecule has 0 fully saturated rings. The first kappa shape index (κ1) is 15.0. The predicted molar refractivity (Wildman–Crippen MR) is 95.2 cm³/mol. The summed E-state index contributed by atoms with van der Waals surface area (Å²) < 4.78 is 2.91. The lowest BCUT2D eigenvalue weighted by Gasteiger charge is -2.11. The first-order valence-electron chi connectivity index (χ1n) is 5.29. The molecule has 2 rings (SSSR count). The van der Waals surface area contributed by atoms with Crippen LogP contribution in [0.25, 0.3) is 0 Å². The number of rotatable bonds is 3. The van der Waals surface area contributed by atoms with E-state index in [1.165, 1.54) is 0 Å². The Kier molecular flexibility index (Phi) is 5.00. The molecular formula is C13H9Br3N2S. The lowest BCUT2D eigenvalue weighted by atomic mass is 10.2. The van der Waals surface area contributed by atoms with Crippen LogP contribution in [0.3, 0.4) is 0 Å². The van der Waals surface area contributed by atoms with E-state index in [2.05, 4.69) is 53.1 Å². The topological polar surface area (TPSA) is 38.0 Å². The van der Waals surface area contributed by atoms with E-state index in [0.717, 1.165) is 30.4 Å². The lowest BCUT2D eigenvalue weighted by Crippen LogP contribution is -2.09. The third-order valence-electron chi connectivity index (χ3n) is 2.45. The smallest absolute Gasteiger partial charge is 0.104 e. The fraction of sp³-hybridized carbons (Fsp3) is 0. The Bertz CT molecular complexity index is 644. The molecular weight excluding hydrogens is 456 g/mol. The van der Waals surface area contributed by atoms with Crippen molar-refractivity contribution in [3.8, 4) is 0 Å². The molecule has 6 heteroatoms. The maximum atomic E-state index is 5.60. The van der Waals surface area contributed by atoms with Crippen LogP contribution in [0, 0.1) is 0 Å². The lowest BCUT2D eigenvalue weighted by molar-refractivity contribution is 1.48. The zero-order chi connectivity index (χ0) is 14.0. The first-order chi connectivity index (χ1) is 8.97. The molecule has 0 aliphatic heterocycles. The normalized spacial score (nSPS) is 10.3. The molecule has 0 unspecified atom stereocenters. The second-order valence-electron chi connectivity index (χ2n) is 3.81. The number of nitrogens with one attached hydrogen (secondary N) is 1. The van der Waals surface area contributed by atoms with Gasteiger partial charge < -0.3 is 11.1 Å². The molecule has 0 bridgehead atoms. The molecule has 0 aliphatic rings. The van der Waals surface area contributed by atoms with Gasteiger partial charge in [-0.05, 0) is 68.3 Å². The summed E-state index contributed by atoms with van der Waals surface area (Å²) in [6.45, 7) is 0. The van der Waals surface area contributed by atoms with Crippen LogP contribution >= 0.6 is 60.0 Å². The van der Waals surface area contributed by atoms with Gasteiger partial charge in [0, 0.05) is 19.0 Å². The summed E-state index contributed by atoms with van der Waals surface area (Å²) in [5.41, 5.74) is 8.36. The molecule has 2 aromatic rings. The minimum Gasteiger partial charge on any atom is -0.389 e. The number of halogens is 3. The van der Waals surface area contributed by atoms with Gasteiger partial charge in [0.15, 0.2) is 0 Å². The Morgan fingerprint density at radius 2 is 1.53 bits per heavy atom. The van der Waals surface area contributed by atoms with Crippen molar-refractivity contribution < 1.29 is 0 Å². The SMILES string of the molecule is NC(=S)c1ccc(Nc2ccc(Br)cc2Br)c(Br)c1. The van der Waals surface area contributed by atoms with Gasteiger partial charge in [-0.15, -0.1) is 0 Å². The molecule has 0 amide bonds. The van der Waals surface area contributed by atoms with Crippen LogP contribution in [0.2, 0.25) is 0 Å². The molecule has 0 saturated heterocycles. The Balaban J connectivity index is 2.31. The molecule has 0 heterocycles. The average Bonchev–Trinajstić information content (AvgIpc) is 2.34. The van der Waals surface area contributed by atoms with Crippen LogP contribution in [-0.2, 0) is 0 Å². The van der Waals surface area contributed by atoms with Gasteiger partial charge in [0.25, 0.3) is 0 Å². The Hall–Kier alpha value is -0.430. The number of nitrogens with two attached hydrogens (primary N) is 1. The molecule has 0 saturated carbocycles. The summed E-state index contributed by atoms with van der Waals surface area (Å²) in [4.78, 5) is 0.386. The van der Waals surface area contributed by atoms with E-state index >= 15 is 0 Å². The van der Waals surface area contributed by atoms with Crippen molar-refractivity contribution in [2.45, 2.75) is 0 Å². The van der Waals surface area contributed by atoms with Crippen LogP contribution in [-0.4, -0.2) is 4.99 Å². The van der Waals surface area contributed by atoms with Gasteiger partial charge >= 0.3 is 0 Å². The number of hydrogen-bond donors (Lipinski definition) is 2. The van der Waals surface area contributed by atoms with Gasteiger partial charge in [-0.2, -0.15) is 0 Å². The third-order valence-corrected chi connectivity index (χ3v) is 4.50. The molecule has 0 atom stereocenters. The maximum Gasteiger partial charge on any atom is 0.104 e. The van der Waals surface area contributed by atoms with Gasteiger partial charge in [0.2, 0.25) is 0 Å². The van der Waals surface area contributed by atoms with Crippen LogP contribution < -0.4 is 11.1 Å². The van der Waals surface area contributed by atoms with Crippen LogP contribution in [0.1, 0.15) is 5.56 Å². The van der Waals surface area contributed by atoms with Gasteiger partial charge in [0.1, 0.15) is 4.99 Å². The predicted octanol–water partition coefficient (Wildman–Crippen LogP) is 5.35. The molecule has 19 heavy (non-hydrogen) atoms. The van der Waals surface area contributed by atoms with Crippen molar-refractivity contribution in [3.63, 3.8) is 0 Å². The second-order valence-corrected chi connectivity index (χ2v) is 6.87. The molecule has 0 radical (unpaired) electrons. The zero-order valence-corrected chi connectivity index (χ0v) is 15.2. The van der Waals surface area contributed by atoms with E-state index in [1.54, 1.807) is 0 Å². The number of anilines is 2. The van der Waals surface area contributed by atoms with E-state index in [0.29, 0.717) is 4.99 Å². The van der Waals surface area contributed by atoms with E-state index in [4.69, 9.17) is 18.0 Å². The van der Waals surface area contributed by atoms with Crippen molar-refractivity contribution in [2.75, 3.05) is 5.32 Å². The molecule has 98 valence electrons. The highest BCUT2D eigenvalue weighted by Crippen LogP contribution is 2.32. The minimum atomic E-state index is 0.386. The fourth-order valence-corrected chi connectivity index (χ4v) is 3.26. The van der Waals surface area contributed by atoms with Crippen molar-refractivity contribution in [1.29, 1.82) is 0 Å². The largest absolute Gasteiger partial charge is 0.389 e. The summed E-state index contributed by atoms with van der Waals surface area (Å²) in [5.74, 6) is 0. The van der Waals surface area contributed by atoms with E-state index in [-0.39, 0.29) is 0 Å². The number of benzene rings is 2. The Morgan fingerprint density at radius 3 is 2.05 bits per heavy atom. The summed E-state index contributed by atoms with van der Waals surface area (Å²) in [6, 6.07) is 11.7. The van der Waals surface area contributed by atoms with Crippen molar-refractivity contribution in [3.05, 3.63) is 55.4 Å². The van der Waals surface area contributed by atoms with Crippen LogP contribution in [0.5, 0.6) is 0 Å². The van der Waals surface area contributed by atoms with Gasteiger partial charge in [-0.25, -0.2) is 0 Å². The van der Waals surface area contributed by atoms with Crippen molar-refractivity contribution >= 4 is 76.4 Å². The highest BCUT2D eigenvalue weighted by Gasteiger charge is 2.06. The van der Waals surface area contributed by atoms with Crippen molar-refractivity contribution in [1.82, 2.24) is 0 Å². The number of hydrogen-bond acceptors (Lipinski definition) is 2. The summed E-state index contributed by atoms with van der Waals surface area (Å²) in [7, 11) is 0. The molecule has 0 spiro atoms. The first-order valence-corrected chi connectivity index (χ1v) is 8.07. The molecule has 3 N–H and O–H groups in total. The van der Waals surface area contributed by atoms with E-state index in [9.17, 15) is 0 Å². The summed E-state index contributed by atoms with van der Waals surface area (Å²) >= 11 is 15.4. The second kappa shape index (κ2) is 6.35. The summed E-state index contributed by atoms with van der Waals surface area (Å²) in [5, 5.41) is 3.34. The van der Waals surface area contributed by atoms with Crippen molar-refractivity contribution in [2.24, 2.45) is 5.73 Å².